The standard InChI is InChI=1S/C13H20N2OS/c1-13(2,3)6-11-8-15-12(17-11)14-7-10-4-5-16-9-10/h4-5,9,11H,6-8H2,1-3H3,(H,14,15). The average molecular weight is 252 g/mol. The predicted molar refractivity (Wildman–Crippen MR) is 73.3 cm³/mol. The largest absolute Gasteiger partial charge is 0.472 e. The van der Waals surface area contributed by atoms with Crippen LogP contribution in [0.25, 0.3) is 0 Å². The molecule has 0 bridgehead atoms. The zero-order chi connectivity index (χ0) is 12.3. The van der Waals surface area contributed by atoms with Gasteiger partial charge in [0.15, 0.2) is 5.17 Å². The van der Waals surface area contributed by atoms with Crippen LogP contribution in [-0.4, -0.2) is 17.0 Å². The van der Waals surface area contributed by atoms with Crippen LogP contribution >= 0.6 is 11.8 Å². The van der Waals surface area contributed by atoms with Crippen LogP contribution in [0.5, 0.6) is 0 Å². The number of rotatable bonds is 3. The lowest BCUT2D eigenvalue weighted by atomic mass is 9.90. The molecule has 1 aromatic rings. The van der Waals surface area contributed by atoms with Crippen LogP contribution in [0.3, 0.4) is 0 Å². The molecule has 0 saturated carbocycles. The smallest absolute Gasteiger partial charge is 0.157 e. The van der Waals surface area contributed by atoms with Crippen LogP contribution in [0.4, 0.5) is 0 Å². The fourth-order valence-corrected chi connectivity index (χ4v) is 3.23. The summed E-state index contributed by atoms with van der Waals surface area (Å²) in [5.41, 5.74) is 1.54. The fourth-order valence-electron chi connectivity index (χ4n) is 1.87. The lowest BCUT2D eigenvalue weighted by Crippen LogP contribution is -2.20. The van der Waals surface area contributed by atoms with Gasteiger partial charge in [-0.05, 0) is 17.9 Å². The van der Waals surface area contributed by atoms with Gasteiger partial charge in [-0.3, -0.25) is 4.99 Å². The SMILES string of the molecule is CC(C)(C)CC1CN=C(NCc2ccoc2)S1. The van der Waals surface area contributed by atoms with Gasteiger partial charge in [-0.15, -0.1) is 0 Å². The molecule has 1 aliphatic heterocycles. The summed E-state index contributed by atoms with van der Waals surface area (Å²) >= 11 is 1.87. The Morgan fingerprint density at radius 1 is 1.53 bits per heavy atom. The molecule has 0 radical (unpaired) electrons. The number of furan rings is 1. The predicted octanol–water partition coefficient (Wildman–Crippen LogP) is 3.28. The lowest BCUT2D eigenvalue weighted by Gasteiger charge is -2.21. The third kappa shape index (κ3) is 4.11. The van der Waals surface area contributed by atoms with Gasteiger partial charge in [-0.25, -0.2) is 0 Å². The van der Waals surface area contributed by atoms with Gasteiger partial charge in [0.1, 0.15) is 0 Å². The molecular weight excluding hydrogens is 232 g/mol. The second-order valence-electron chi connectivity index (χ2n) is 5.64. The molecule has 0 aliphatic carbocycles. The van der Waals surface area contributed by atoms with Crippen molar-refractivity contribution in [2.45, 2.75) is 39.0 Å². The van der Waals surface area contributed by atoms with Crippen molar-refractivity contribution in [1.29, 1.82) is 0 Å². The summed E-state index contributed by atoms with van der Waals surface area (Å²) in [7, 11) is 0. The maximum absolute atomic E-state index is 5.03. The van der Waals surface area contributed by atoms with Crippen LogP contribution in [0.2, 0.25) is 0 Å². The Morgan fingerprint density at radius 3 is 3.00 bits per heavy atom. The maximum atomic E-state index is 5.03. The van der Waals surface area contributed by atoms with E-state index < -0.39 is 0 Å². The molecule has 0 aromatic carbocycles. The van der Waals surface area contributed by atoms with Crippen molar-refractivity contribution < 1.29 is 4.42 Å². The highest BCUT2D eigenvalue weighted by Crippen LogP contribution is 2.31. The van der Waals surface area contributed by atoms with Crippen LogP contribution in [0.15, 0.2) is 28.0 Å². The van der Waals surface area contributed by atoms with Crippen molar-refractivity contribution >= 4 is 16.9 Å². The van der Waals surface area contributed by atoms with Crippen LogP contribution in [0, 0.1) is 5.41 Å². The van der Waals surface area contributed by atoms with Crippen LogP contribution in [0.1, 0.15) is 32.8 Å². The minimum Gasteiger partial charge on any atom is -0.472 e. The maximum Gasteiger partial charge on any atom is 0.157 e. The highest BCUT2D eigenvalue weighted by atomic mass is 32.2. The van der Waals surface area contributed by atoms with E-state index in [-0.39, 0.29) is 0 Å². The molecule has 2 rings (SSSR count). The lowest BCUT2D eigenvalue weighted by molar-refractivity contribution is 0.375. The summed E-state index contributed by atoms with van der Waals surface area (Å²) in [5, 5.41) is 5.05. The van der Waals surface area contributed by atoms with Gasteiger partial charge in [-0.2, -0.15) is 0 Å². The minimum absolute atomic E-state index is 0.382. The second kappa shape index (κ2) is 5.17. The zero-order valence-electron chi connectivity index (χ0n) is 10.7. The van der Waals surface area contributed by atoms with Gasteiger partial charge in [0, 0.05) is 17.4 Å². The van der Waals surface area contributed by atoms with Crippen molar-refractivity contribution in [3.63, 3.8) is 0 Å². The number of hydrogen-bond acceptors (Lipinski definition) is 4. The Hall–Kier alpha value is -0.900. The van der Waals surface area contributed by atoms with Crippen molar-refractivity contribution in [3.8, 4) is 0 Å². The van der Waals surface area contributed by atoms with Gasteiger partial charge in [0.25, 0.3) is 0 Å². The summed E-state index contributed by atoms with van der Waals surface area (Å²) in [6.07, 6.45) is 4.67. The van der Waals surface area contributed by atoms with Crippen molar-refractivity contribution in [2.75, 3.05) is 6.54 Å². The quantitative estimate of drug-likeness (QED) is 0.897. The van der Waals surface area contributed by atoms with E-state index in [1.165, 1.54) is 6.42 Å². The number of aliphatic imine (C=N–C) groups is 1. The van der Waals surface area contributed by atoms with Gasteiger partial charge in [0.2, 0.25) is 0 Å². The summed E-state index contributed by atoms with van der Waals surface area (Å²) in [6, 6.07) is 1.97. The Bertz CT molecular complexity index is 379. The number of thioether (sulfide) groups is 1. The average Bonchev–Trinajstić information content (AvgIpc) is 2.82. The highest BCUT2D eigenvalue weighted by molar-refractivity contribution is 8.14. The van der Waals surface area contributed by atoms with Gasteiger partial charge in [0.05, 0.1) is 19.1 Å². The number of nitrogens with one attached hydrogen (secondary N) is 1. The van der Waals surface area contributed by atoms with Crippen molar-refractivity contribution in [3.05, 3.63) is 24.2 Å². The van der Waals surface area contributed by atoms with Gasteiger partial charge >= 0.3 is 0 Å². The van der Waals surface area contributed by atoms with E-state index in [1.54, 1.807) is 12.5 Å². The number of amidine groups is 1. The molecule has 1 aliphatic rings. The van der Waals surface area contributed by atoms with Crippen LogP contribution < -0.4 is 5.32 Å². The first-order chi connectivity index (χ1) is 8.03. The first-order valence-corrected chi connectivity index (χ1v) is 6.87. The first kappa shape index (κ1) is 12.6. The topological polar surface area (TPSA) is 37.5 Å². The molecule has 0 spiro atoms. The Labute approximate surface area is 107 Å². The summed E-state index contributed by atoms with van der Waals surface area (Å²) in [4.78, 5) is 4.54. The molecule has 0 amide bonds. The number of nitrogens with zero attached hydrogens (tertiary/aromatic N) is 1. The Kier molecular flexibility index (Phi) is 3.82. The fraction of sp³-hybridized carbons (Fsp3) is 0.615. The normalized spacial score (nSPS) is 20.4. The van der Waals surface area contributed by atoms with Gasteiger partial charge < -0.3 is 9.73 Å². The molecule has 0 saturated heterocycles. The van der Waals surface area contributed by atoms with Crippen molar-refractivity contribution in [2.24, 2.45) is 10.4 Å². The van der Waals surface area contributed by atoms with E-state index in [4.69, 9.17) is 4.42 Å². The highest BCUT2D eigenvalue weighted by Gasteiger charge is 2.24. The summed E-state index contributed by atoms with van der Waals surface area (Å²) < 4.78 is 5.03. The van der Waals surface area contributed by atoms with Gasteiger partial charge in [-0.1, -0.05) is 32.5 Å². The molecule has 1 N–H and O–H groups in total. The van der Waals surface area contributed by atoms with E-state index in [0.29, 0.717) is 10.7 Å². The second-order valence-corrected chi connectivity index (χ2v) is 6.92. The Balaban J connectivity index is 1.74. The van der Waals surface area contributed by atoms with E-state index in [0.717, 1.165) is 23.8 Å². The zero-order valence-corrected chi connectivity index (χ0v) is 11.5. The monoisotopic (exact) mass is 252 g/mol. The number of hydrogen-bond donors (Lipinski definition) is 1. The molecule has 1 aromatic heterocycles. The molecule has 4 heteroatoms. The summed E-state index contributed by atoms with van der Waals surface area (Å²) in [5.74, 6) is 0. The van der Waals surface area contributed by atoms with Crippen LogP contribution in [-0.2, 0) is 6.54 Å². The molecule has 2 heterocycles. The van der Waals surface area contributed by atoms with E-state index in [1.807, 2.05) is 17.8 Å². The molecule has 17 heavy (non-hydrogen) atoms. The van der Waals surface area contributed by atoms with E-state index in [9.17, 15) is 0 Å². The minimum atomic E-state index is 0.382. The Morgan fingerprint density at radius 2 is 2.35 bits per heavy atom. The van der Waals surface area contributed by atoms with E-state index >= 15 is 0 Å². The molecule has 94 valence electrons. The third-order valence-corrected chi connectivity index (χ3v) is 3.73. The summed E-state index contributed by atoms with van der Waals surface area (Å²) in [6.45, 7) is 8.58. The molecule has 0 fully saturated rings. The molecule has 3 nitrogen and oxygen atoms in total. The molecular formula is C13H20N2OS. The molecule has 1 unspecified atom stereocenters. The molecule has 1 atom stereocenters. The van der Waals surface area contributed by atoms with Crippen molar-refractivity contribution in [1.82, 2.24) is 5.32 Å². The third-order valence-electron chi connectivity index (χ3n) is 2.58. The van der Waals surface area contributed by atoms with E-state index in [2.05, 4.69) is 31.1 Å². The first-order valence-electron chi connectivity index (χ1n) is 5.99.